The van der Waals surface area contributed by atoms with E-state index in [9.17, 15) is 4.79 Å². The minimum absolute atomic E-state index is 0.0628. The maximum atomic E-state index is 12.0. The number of likely N-dealkylation sites (tertiary alicyclic amines) is 1. The summed E-state index contributed by atoms with van der Waals surface area (Å²) in [6.45, 7) is 11.5. The van der Waals surface area contributed by atoms with Gasteiger partial charge in [-0.15, -0.1) is 0 Å². The molecule has 0 aromatic rings. The lowest BCUT2D eigenvalue weighted by molar-refractivity contribution is -0.0715. The largest absolute Gasteiger partial charge is 0.444 e. The smallest absolute Gasteiger partial charge is 0.410 e. The molecule has 0 aliphatic carbocycles. The van der Waals surface area contributed by atoms with Crippen LogP contribution < -0.4 is 0 Å². The predicted molar refractivity (Wildman–Crippen MR) is 76.2 cm³/mol. The van der Waals surface area contributed by atoms with Gasteiger partial charge in [-0.2, -0.15) is 0 Å². The molecule has 4 nitrogen and oxygen atoms in total. The first kappa shape index (κ1) is 16.3. The van der Waals surface area contributed by atoms with Gasteiger partial charge in [0.15, 0.2) is 0 Å². The van der Waals surface area contributed by atoms with E-state index in [1.54, 1.807) is 12.0 Å². The van der Waals surface area contributed by atoms with Crippen LogP contribution in [-0.2, 0) is 9.47 Å². The van der Waals surface area contributed by atoms with Crippen molar-refractivity contribution in [1.29, 1.82) is 0 Å². The summed E-state index contributed by atoms with van der Waals surface area (Å²) in [6, 6.07) is 0. The summed E-state index contributed by atoms with van der Waals surface area (Å²) in [6.07, 6.45) is 2.62. The van der Waals surface area contributed by atoms with E-state index in [0.717, 1.165) is 32.4 Å². The summed E-state index contributed by atoms with van der Waals surface area (Å²) in [5.41, 5.74) is -0.489. The molecule has 4 heteroatoms. The Labute approximate surface area is 117 Å². The molecule has 1 heterocycles. The van der Waals surface area contributed by atoms with Crippen molar-refractivity contribution in [2.45, 2.75) is 65.1 Å². The first-order valence-electron chi connectivity index (χ1n) is 7.20. The quantitative estimate of drug-likeness (QED) is 0.789. The fraction of sp³-hybridized carbons (Fsp3) is 0.933. The van der Waals surface area contributed by atoms with Crippen molar-refractivity contribution in [2.75, 3.05) is 20.2 Å². The lowest BCUT2D eigenvalue weighted by atomic mass is 9.83. The molecule has 0 aromatic carbocycles. The van der Waals surface area contributed by atoms with Crippen LogP contribution in [0.25, 0.3) is 0 Å². The van der Waals surface area contributed by atoms with Crippen LogP contribution in [0, 0.1) is 5.92 Å². The van der Waals surface area contributed by atoms with E-state index < -0.39 is 5.60 Å². The van der Waals surface area contributed by atoms with Crippen LogP contribution in [0.4, 0.5) is 4.79 Å². The van der Waals surface area contributed by atoms with Crippen LogP contribution in [0.3, 0.4) is 0 Å². The van der Waals surface area contributed by atoms with E-state index >= 15 is 0 Å². The van der Waals surface area contributed by atoms with Crippen molar-refractivity contribution in [3.8, 4) is 0 Å². The minimum Gasteiger partial charge on any atom is -0.444 e. The number of carbonyl (C=O) groups excluding carboxylic acids is 1. The summed E-state index contributed by atoms with van der Waals surface area (Å²) in [5, 5.41) is 0. The average Bonchev–Trinajstić information content (AvgIpc) is 2.26. The third-order valence-corrected chi connectivity index (χ3v) is 3.54. The fourth-order valence-corrected chi connectivity index (χ4v) is 2.66. The Morgan fingerprint density at radius 1 is 1.26 bits per heavy atom. The van der Waals surface area contributed by atoms with Gasteiger partial charge in [0.25, 0.3) is 0 Å². The van der Waals surface area contributed by atoms with Gasteiger partial charge in [0, 0.05) is 20.2 Å². The van der Waals surface area contributed by atoms with Gasteiger partial charge >= 0.3 is 6.09 Å². The highest BCUT2D eigenvalue weighted by molar-refractivity contribution is 5.68. The van der Waals surface area contributed by atoms with E-state index in [4.69, 9.17) is 9.47 Å². The van der Waals surface area contributed by atoms with E-state index in [1.165, 1.54) is 0 Å². The molecule has 0 aromatic heterocycles. The molecular formula is C15H29NO3. The summed E-state index contributed by atoms with van der Waals surface area (Å²) < 4.78 is 11.1. The predicted octanol–water partition coefficient (Wildman–Crippen LogP) is 3.45. The van der Waals surface area contributed by atoms with Gasteiger partial charge in [-0.05, 0) is 46.0 Å². The molecule has 0 N–H and O–H groups in total. The van der Waals surface area contributed by atoms with Crippen LogP contribution in [0.2, 0.25) is 0 Å². The van der Waals surface area contributed by atoms with Crippen molar-refractivity contribution >= 4 is 6.09 Å². The molecular weight excluding hydrogens is 242 g/mol. The molecule has 1 aliphatic rings. The summed E-state index contributed by atoms with van der Waals surface area (Å²) in [7, 11) is 1.78. The van der Waals surface area contributed by atoms with Crippen LogP contribution >= 0.6 is 0 Å². The molecule has 1 aliphatic heterocycles. The number of rotatable bonds is 3. The van der Waals surface area contributed by atoms with Gasteiger partial charge < -0.3 is 14.4 Å². The molecule has 1 saturated heterocycles. The Morgan fingerprint density at radius 3 is 2.16 bits per heavy atom. The van der Waals surface area contributed by atoms with Crippen molar-refractivity contribution < 1.29 is 14.3 Å². The van der Waals surface area contributed by atoms with Gasteiger partial charge in [0.1, 0.15) is 5.60 Å². The van der Waals surface area contributed by atoms with E-state index in [-0.39, 0.29) is 11.7 Å². The maximum absolute atomic E-state index is 12.0. The van der Waals surface area contributed by atoms with Crippen molar-refractivity contribution in [2.24, 2.45) is 5.92 Å². The van der Waals surface area contributed by atoms with Crippen molar-refractivity contribution in [1.82, 2.24) is 4.90 Å². The second kappa shape index (κ2) is 6.12. The average molecular weight is 271 g/mol. The number of hydrogen-bond acceptors (Lipinski definition) is 3. The molecule has 1 amide bonds. The zero-order valence-electron chi connectivity index (χ0n) is 13.3. The van der Waals surface area contributed by atoms with Gasteiger partial charge in [-0.25, -0.2) is 4.79 Å². The zero-order valence-corrected chi connectivity index (χ0v) is 13.3. The first-order valence-corrected chi connectivity index (χ1v) is 7.20. The Bertz CT molecular complexity index is 299. The van der Waals surface area contributed by atoms with E-state index in [2.05, 4.69) is 13.8 Å². The van der Waals surface area contributed by atoms with Crippen LogP contribution in [-0.4, -0.2) is 42.4 Å². The summed E-state index contributed by atoms with van der Waals surface area (Å²) in [4.78, 5) is 13.8. The second-order valence-corrected chi connectivity index (χ2v) is 6.95. The summed E-state index contributed by atoms with van der Waals surface area (Å²) >= 11 is 0. The van der Waals surface area contributed by atoms with E-state index in [1.807, 2.05) is 20.8 Å². The molecule has 0 bridgehead atoms. The molecule has 19 heavy (non-hydrogen) atoms. The molecule has 1 rings (SSSR count). The number of amides is 1. The minimum atomic E-state index is -0.426. The lowest BCUT2D eigenvalue weighted by Gasteiger charge is -2.42. The molecule has 0 saturated carbocycles. The Balaban J connectivity index is 2.54. The lowest BCUT2D eigenvalue weighted by Crippen LogP contribution is -2.49. The fourth-order valence-electron chi connectivity index (χ4n) is 2.66. The Morgan fingerprint density at radius 2 is 1.79 bits per heavy atom. The number of piperidine rings is 1. The maximum Gasteiger partial charge on any atom is 0.410 e. The highest BCUT2D eigenvalue weighted by Crippen LogP contribution is 2.32. The van der Waals surface area contributed by atoms with Gasteiger partial charge in [-0.1, -0.05) is 13.8 Å². The standard InChI is InChI=1S/C15H29NO3/c1-12(2)11-15(18-6)7-9-16(10-8-15)13(17)19-14(3,4)5/h12H,7-11H2,1-6H3. The second-order valence-electron chi connectivity index (χ2n) is 6.95. The third kappa shape index (κ3) is 5.01. The van der Waals surface area contributed by atoms with Crippen LogP contribution in [0.5, 0.6) is 0 Å². The number of nitrogens with zero attached hydrogens (tertiary/aromatic N) is 1. The number of hydrogen-bond donors (Lipinski definition) is 0. The van der Waals surface area contributed by atoms with Crippen molar-refractivity contribution in [3.05, 3.63) is 0 Å². The highest BCUT2D eigenvalue weighted by Gasteiger charge is 2.37. The Kier molecular flexibility index (Phi) is 5.25. The first-order chi connectivity index (χ1) is 8.67. The summed E-state index contributed by atoms with van der Waals surface area (Å²) in [5.74, 6) is 0.605. The SMILES string of the molecule is COC1(CC(C)C)CCN(C(=O)OC(C)(C)C)CC1. The van der Waals surface area contributed by atoms with Gasteiger partial charge in [-0.3, -0.25) is 0 Å². The van der Waals surface area contributed by atoms with Crippen LogP contribution in [0.1, 0.15) is 53.9 Å². The van der Waals surface area contributed by atoms with E-state index in [0.29, 0.717) is 5.92 Å². The Hall–Kier alpha value is -0.770. The highest BCUT2D eigenvalue weighted by atomic mass is 16.6. The molecule has 0 radical (unpaired) electrons. The van der Waals surface area contributed by atoms with Crippen LogP contribution in [0.15, 0.2) is 0 Å². The monoisotopic (exact) mass is 271 g/mol. The normalized spacial score (nSPS) is 19.6. The number of ether oxygens (including phenoxy) is 2. The molecule has 112 valence electrons. The van der Waals surface area contributed by atoms with Crippen molar-refractivity contribution in [3.63, 3.8) is 0 Å². The molecule has 1 fully saturated rings. The topological polar surface area (TPSA) is 38.8 Å². The third-order valence-electron chi connectivity index (χ3n) is 3.54. The molecule has 0 atom stereocenters. The number of carbonyl (C=O) groups is 1. The van der Waals surface area contributed by atoms with Gasteiger partial charge in [0.2, 0.25) is 0 Å². The molecule has 0 unspecified atom stereocenters. The zero-order chi connectivity index (χ0) is 14.7. The molecule has 0 spiro atoms. The number of methoxy groups -OCH3 is 1. The van der Waals surface area contributed by atoms with Gasteiger partial charge in [0.05, 0.1) is 5.60 Å².